The summed E-state index contributed by atoms with van der Waals surface area (Å²) in [5, 5.41) is 0.287. The molecule has 0 unspecified atom stereocenters. The molecule has 0 saturated heterocycles. The number of rotatable bonds is 1. The number of hydrogen-bond donors (Lipinski definition) is 1. The maximum Gasteiger partial charge on any atom is 0.182 e. The average molecular weight is 315 g/mol. The van der Waals surface area contributed by atoms with E-state index >= 15 is 0 Å². The third kappa shape index (κ3) is 2.01. The van der Waals surface area contributed by atoms with Gasteiger partial charge in [0.2, 0.25) is 0 Å². The van der Waals surface area contributed by atoms with Gasteiger partial charge in [0.15, 0.2) is 10.6 Å². The summed E-state index contributed by atoms with van der Waals surface area (Å²) >= 11 is 10.9. The number of nitrogens with one attached hydrogen (secondary N) is 1. The molecule has 102 valence electrons. The van der Waals surface area contributed by atoms with Crippen molar-refractivity contribution in [3.63, 3.8) is 0 Å². The molecule has 2 nitrogen and oxygen atoms in total. The van der Waals surface area contributed by atoms with Gasteiger partial charge in [-0.25, -0.2) is 13.2 Å². The summed E-state index contributed by atoms with van der Waals surface area (Å²) in [4.78, 5) is 2.59. The Bertz CT molecular complexity index is 885. The fourth-order valence-electron chi connectivity index (χ4n) is 2.03. The molecule has 0 aliphatic heterocycles. The van der Waals surface area contributed by atoms with Gasteiger partial charge in [-0.1, -0.05) is 11.6 Å². The number of hydrogen-bond acceptors (Lipinski definition) is 1. The van der Waals surface area contributed by atoms with E-state index in [4.69, 9.17) is 23.8 Å². The lowest BCUT2D eigenvalue weighted by atomic mass is 10.2. The Morgan fingerprint density at radius 2 is 1.80 bits per heavy atom. The third-order valence-corrected chi connectivity index (χ3v) is 3.38. The van der Waals surface area contributed by atoms with Crippen molar-refractivity contribution in [3.8, 4) is 5.69 Å². The summed E-state index contributed by atoms with van der Waals surface area (Å²) in [6.07, 6.45) is 0. The Morgan fingerprint density at radius 1 is 1.05 bits per heavy atom. The van der Waals surface area contributed by atoms with Gasteiger partial charge in [-0.2, -0.15) is 0 Å². The monoisotopic (exact) mass is 314 g/mol. The summed E-state index contributed by atoms with van der Waals surface area (Å²) in [7, 11) is 0. The molecule has 0 spiro atoms. The zero-order valence-electron chi connectivity index (χ0n) is 9.75. The first-order chi connectivity index (χ1) is 9.47. The first-order valence-corrected chi connectivity index (χ1v) is 6.31. The Kier molecular flexibility index (Phi) is 3.07. The molecule has 0 atom stereocenters. The molecule has 1 aromatic heterocycles. The lowest BCUT2D eigenvalue weighted by Gasteiger charge is -2.06. The van der Waals surface area contributed by atoms with Crippen LogP contribution in [0, 0.1) is 22.2 Å². The molecular formula is C13H6ClF3N2S. The van der Waals surface area contributed by atoms with E-state index in [-0.39, 0.29) is 26.5 Å². The van der Waals surface area contributed by atoms with Gasteiger partial charge >= 0.3 is 0 Å². The van der Waals surface area contributed by atoms with Crippen LogP contribution in [-0.4, -0.2) is 9.55 Å². The third-order valence-electron chi connectivity index (χ3n) is 2.86. The Morgan fingerprint density at radius 3 is 2.55 bits per heavy atom. The van der Waals surface area contributed by atoms with Crippen LogP contribution >= 0.6 is 23.8 Å². The van der Waals surface area contributed by atoms with Gasteiger partial charge in [-0.05, 0) is 30.4 Å². The predicted octanol–water partition coefficient (Wildman–Crippen LogP) is 4.76. The minimum atomic E-state index is -0.799. The lowest BCUT2D eigenvalue weighted by Crippen LogP contribution is -1.98. The maximum absolute atomic E-state index is 13.9. The highest BCUT2D eigenvalue weighted by atomic mass is 35.5. The minimum absolute atomic E-state index is 0.00998. The van der Waals surface area contributed by atoms with Crippen LogP contribution in [0.25, 0.3) is 16.7 Å². The molecule has 0 bridgehead atoms. The second kappa shape index (κ2) is 4.64. The van der Waals surface area contributed by atoms with Crippen molar-refractivity contribution >= 4 is 34.9 Å². The van der Waals surface area contributed by atoms with Crippen LogP contribution in [0.3, 0.4) is 0 Å². The molecule has 0 aliphatic rings. The van der Waals surface area contributed by atoms with Crippen LogP contribution in [0.2, 0.25) is 5.02 Å². The molecular weight excluding hydrogens is 309 g/mol. The quantitative estimate of drug-likeness (QED) is 0.642. The number of benzene rings is 2. The van der Waals surface area contributed by atoms with Gasteiger partial charge in [-0.15, -0.1) is 0 Å². The Balaban J connectivity index is 2.45. The summed E-state index contributed by atoms with van der Waals surface area (Å²) in [6, 6.07) is 5.67. The molecule has 0 radical (unpaired) electrons. The molecule has 0 amide bonds. The fourth-order valence-corrected chi connectivity index (χ4v) is 2.49. The van der Waals surface area contributed by atoms with Crippen LogP contribution in [0.5, 0.6) is 0 Å². The fraction of sp³-hybridized carbons (Fsp3) is 0. The van der Waals surface area contributed by atoms with Crippen LogP contribution in [0.15, 0.2) is 30.3 Å². The smallest absolute Gasteiger partial charge is 0.182 e. The first-order valence-electron chi connectivity index (χ1n) is 5.52. The summed E-state index contributed by atoms with van der Waals surface area (Å²) in [6.45, 7) is 0. The van der Waals surface area contributed by atoms with Crippen molar-refractivity contribution in [3.05, 3.63) is 57.6 Å². The number of nitrogens with zero attached hydrogens (tertiary/aromatic N) is 1. The second-order valence-corrected chi connectivity index (χ2v) is 4.97. The Labute approximate surface area is 121 Å². The largest absolute Gasteiger partial charge is 0.328 e. The molecule has 3 aromatic rings. The zero-order valence-corrected chi connectivity index (χ0v) is 11.3. The predicted molar refractivity (Wildman–Crippen MR) is 73.3 cm³/mol. The molecule has 1 N–H and O–H groups in total. The van der Waals surface area contributed by atoms with E-state index in [1.807, 2.05) is 0 Å². The summed E-state index contributed by atoms with van der Waals surface area (Å²) in [5.74, 6) is -2.18. The topological polar surface area (TPSA) is 20.7 Å². The van der Waals surface area contributed by atoms with E-state index < -0.39 is 17.5 Å². The molecule has 3 rings (SSSR count). The SMILES string of the molecule is Fc1cc(F)c2[nH]c(=S)n(-c3cc(Cl)ccc3F)c2c1. The lowest BCUT2D eigenvalue weighted by molar-refractivity contribution is 0.590. The molecule has 0 aliphatic carbocycles. The van der Waals surface area contributed by atoms with Gasteiger partial charge in [-0.3, -0.25) is 4.57 Å². The van der Waals surface area contributed by atoms with Gasteiger partial charge in [0.05, 0.1) is 11.2 Å². The summed E-state index contributed by atoms with van der Waals surface area (Å²) in [5.41, 5.74) is 0.142. The van der Waals surface area contributed by atoms with Crippen LogP contribution in [0.4, 0.5) is 13.2 Å². The van der Waals surface area contributed by atoms with Gasteiger partial charge in [0, 0.05) is 17.2 Å². The second-order valence-electron chi connectivity index (χ2n) is 4.14. The Hall–Kier alpha value is -1.79. The summed E-state index contributed by atoms with van der Waals surface area (Å²) < 4.78 is 42.2. The van der Waals surface area contributed by atoms with E-state index in [2.05, 4.69) is 4.98 Å². The van der Waals surface area contributed by atoms with Gasteiger partial charge in [0.1, 0.15) is 17.2 Å². The van der Waals surface area contributed by atoms with Crippen LogP contribution < -0.4 is 0 Å². The van der Waals surface area contributed by atoms with Crippen LogP contribution in [0.1, 0.15) is 0 Å². The maximum atomic E-state index is 13.9. The van der Waals surface area contributed by atoms with Crippen molar-refractivity contribution in [2.75, 3.05) is 0 Å². The number of aromatic amines is 1. The van der Waals surface area contributed by atoms with Gasteiger partial charge < -0.3 is 4.98 Å². The number of fused-ring (bicyclic) bond motifs is 1. The van der Waals surface area contributed by atoms with Crippen molar-refractivity contribution in [2.45, 2.75) is 0 Å². The standard InChI is InChI=1S/C13H6ClF3N2S/c14-6-1-2-8(16)10(3-6)19-11-5-7(15)4-9(17)12(11)18-13(19)20/h1-5H,(H,18,20). The number of aromatic nitrogens is 2. The van der Waals surface area contributed by atoms with Crippen molar-refractivity contribution in [1.82, 2.24) is 9.55 Å². The minimum Gasteiger partial charge on any atom is -0.328 e. The van der Waals surface area contributed by atoms with Crippen molar-refractivity contribution in [2.24, 2.45) is 0 Å². The number of imidazole rings is 1. The molecule has 0 fully saturated rings. The van der Waals surface area contributed by atoms with Gasteiger partial charge in [0.25, 0.3) is 0 Å². The first kappa shape index (κ1) is 13.2. The molecule has 7 heteroatoms. The number of H-pyrrole nitrogens is 1. The molecule has 1 heterocycles. The normalized spacial score (nSPS) is 11.2. The van der Waals surface area contributed by atoms with Crippen LogP contribution in [-0.2, 0) is 0 Å². The molecule has 0 saturated carbocycles. The average Bonchev–Trinajstić information content (AvgIpc) is 2.69. The zero-order chi connectivity index (χ0) is 14.4. The molecule has 20 heavy (non-hydrogen) atoms. The highest BCUT2D eigenvalue weighted by molar-refractivity contribution is 7.71. The van der Waals surface area contributed by atoms with Crippen molar-refractivity contribution in [1.29, 1.82) is 0 Å². The van der Waals surface area contributed by atoms with E-state index in [0.717, 1.165) is 18.2 Å². The highest BCUT2D eigenvalue weighted by Gasteiger charge is 2.15. The van der Waals surface area contributed by atoms with E-state index in [1.165, 1.54) is 16.7 Å². The molecule has 2 aromatic carbocycles. The van der Waals surface area contributed by atoms with Crippen molar-refractivity contribution < 1.29 is 13.2 Å². The van der Waals surface area contributed by atoms with E-state index in [1.54, 1.807) is 0 Å². The highest BCUT2D eigenvalue weighted by Crippen LogP contribution is 2.26. The number of halogens is 4. The van der Waals surface area contributed by atoms with E-state index in [9.17, 15) is 13.2 Å². The van der Waals surface area contributed by atoms with E-state index in [0.29, 0.717) is 0 Å².